The molecule has 0 unspecified atom stereocenters. The average molecular weight is 282 g/mol. The molecule has 1 N–H and O–H groups in total. The van der Waals surface area contributed by atoms with Crippen LogP contribution in [0.15, 0.2) is 53.6 Å². The molecule has 0 aliphatic heterocycles. The Labute approximate surface area is 120 Å². The van der Waals surface area contributed by atoms with Gasteiger partial charge in [0.1, 0.15) is 0 Å². The first-order chi connectivity index (χ1) is 10.2. The number of hydrogen-bond donors (Lipinski definition) is 1. The lowest BCUT2D eigenvalue weighted by Crippen LogP contribution is -2.24. The second kappa shape index (κ2) is 5.28. The highest BCUT2D eigenvalue weighted by molar-refractivity contribution is 6.07. The van der Waals surface area contributed by atoms with Crippen molar-refractivity contribution in [2.45, 2.75) is 6.54 Å². The van der Waals surface area contributed by atoms with Gasteiger partial charge in [-0.05, 0) is 18.2 Å². The van der Waals surface area contributed by atoms with Gasteiger partial charge >= 0.3 is 0 Å². The van der Waals surface area contributed by atoms with E-state index in [0.717, 1.165) is 10.9 Å². The number of H-pyrrole nitrogens is 1. The summed E-state index contributed by atoms with van der Waals surface area (Å²) >= 11 is 0. The Morgan fingerprint density at radius 3 is 2.86 bits per heavy atom. The summed E-state index contributed by atoms with van der Waals surface area (Å²) in [5.41, 5.74) is 1.17. The van der Waals surface area contributed by atoms with Crippen LogP contribution in [-0.4, -0.2) is 22.4 Å². The van der Waals surface area contributed by atoms with Crippen LogP contribution >= 0.6 is 0 Å². The molecular formula is C16H14N2O3. The Morgan fingerprint density at radius 2 is 2.05 bits per heavy atom. The third-order valence-corrected chi connectivity index (χ3v) is 3.41. The molecule has 0 radical (unpaired) electrons. The number of methoxy groups -OCH3 is 1. The number of rotatable bonds is 4. The van der Waals surface area contributed by atoms with E-state index in [1.165, 1.54) is 11.7 Å². The molecule has 5 nitrogen and oxygen atoms in total. The van der Waals surface area contributed by atoms with Crippen molar-refractivity contribution in [1.82, 2.24) is 9.55 Å². The Bertz CT molecular complexity index is 861. The van der Waals surface area contributed by atoms with Gasteiger partial charge in [-0.15, -0.1) is 0 Å². The number of carbonyl (C=O) groups excluding carboxylic acids is 1. The van der Waals surface area contributed by atoms with Gasteiger partial charge in [0.15, 0.2) is 11.5 Å². The van der Waals surface area contributed by atoms with Gasteiger partial charge in [-0.3, -0.25) is 9.59 Å². The fourth-order valence-electron chi connectivity index (χ4n) is 2.34. The molecule has 2 heterocycles. The molecular weight excluding hydrogens is 268 g/mol. The van der Waals surface area contributed by atoms with Crippen LogP contribution < -0.4 is 10.3 Å². The van der Waals surface area contributed by atoms with Gasteiger partial charge in [0.2, 0.25) is 0 Å². The molecule has 0 fully saturated rings. The van der Waals surface area contributed by atoms with Crippen LogP contribution in [-0.2, 0) is 6.54 Å². The average Bonchev–Trinajstić information content (AvgIpc) is 2.93. The first-order valence-electron chi connectivity index (χ1n) is 6.53. The molecule has 0 atom stereocenters. The van der Waals surface area contributed by atoms with Crippen molar-refractivity contribution in [3.8, 4) is 5.75 Å². The second-order valence-electron chi connectivity index (χ2n) is 4.68. The number of ketones is 1. The van der Waals surface area contributed by atoms with E-state index in [1.807, 2.05) is 24.3 Å². The fourth-order valence-corrected chi connectivity index (χ4v) is 2.34. The highest BCUT2D eigenvalue weighted by Crippen LogP contribution is 2.18. The maximum absolute atomic E-state index is 12.4. The van der Waals surface area contributed by atoms with Crippen molar-refractivity contribution in [1.29, 1.82) is 0 Å². The highest BCUT2D eigenvalue weighted by atomic mass is 16.5. The maximum atomic E-state index is 12.4. The number of para-hydroxylation sites is 1. The van der Waals surface area contributed by atoms with Crippen LogP contribution in [0.1, 0.15) is 10.4 Å². The molecule has 5 heteroatoms. The molecule has 0 saturated carbocycles. The molecule has 0 spiro atoms. The largest absolute Gasteiger partial charge is 0.491 e. The van der Waals surface area contributed by atoms with E-state index in [0.29, 0.717) is 5.56 Å². The Hall–Kier alpha value is -2.82. The third-order valence-electron chi connectivity index (χ3n) is 3.41. The summed E-state index contributed by atoms with van der Waals surface area (Å²) in [6, 6.07) is 10.8. The van der Waals surface area contributed by atoms with Crippen molar-refractivity contribution < 1.29 is 9.53 Å². The van der Waals surface area contributed by atoms with Crippen molar-refractivity contribution in [3.63, 3.8) is 0 Å². The van der Waals surface area contributed by atoms with Gasteiger partial charge < -0.3 is 14.3 Å². The lowest BCUT2D eigenvalue weighted by atomic mass is 10.1. The lowest BCUT2D eigenvalue weighted by Gasteiger charge is -2.06. The van der Waals surface area contributed by atoms with Gasteiger partial charge in [-0.2, -0.15) is 0 Å². The van der Waals surface area contributed by atoms with E-state index < -0.39 is 0 Å². The minimum Gasteiger partial charge on any atom is -0.491 e. The SMILES string of the molecule is COc1cccn(CC(=O)c2c[nH]c3ccccc23)c1=O. The topological polar surface area (TPSA) is 64.1 Å². The summed E-state index contributed by atoms with van der Waals surface area (Å²) in [7, 11) is 1.43. The first-order valence-corrected chi connectivity index (χ1v) is 6.53. The smallest absolute Gasteiger partial charge is 0.293 e. The summed E-state index contributed by atoms with van der Waals surface area (Å²) < 4.78 is 6.33. The van der Waals surface area contributed by atoms with Gasteiger partial charge in [-0.25, -0.2) is 0 Å². The number of Topliss-reactive ketones (excluding diaryl/α,β-unsaturated/α-hetero) is 1. The Balaban J connectivity index is 1.95. The highest BCUT2D eigenvalue weighted by Gasteiger charge is 2.13. The van der Waals surface area contributed by atoms with Gasteiger partial charge in [0.05, 0.1) is 13.7 Å². The number of carbonyl (C=O) groups is 1. The third kappa shape index (κ3) is 2.33. The minimum atomic E-state index is -0.312. The van der Waals surface area contributed by atoms with E-state index in [4.69, 9.17) is 4.74 Å². The van der Waals surface area contributed by atoms with E-state index in [-0.39, 0.29) is 23.6 Å². The number of nitrogens with one attached hydrogen (secondary N) is 1. The van der Waals surface area contributed by atoms with Crippen LogP contribution in [0, 0.1) is 0 Å². The van der Waals surface area contributed by atoms with Crippen molar-refractivity contribution in [3.05, 3.63) is 64.7 Å². The van der Waals surface area contributed by atoms with Gasteiger partial charge in [-0.1, -0.05) is 18.2 Å². The summed E-state index contributed by atoms with van der Waals surface area (Å²) in [6.45, 7) is -0.0160. The number of ether oxygens (including phenoxy) is 1. The van der Waals surface area contributed by atoms with Crippen molar-refractivity contribution in [2.24, 2.45) is 0 Å². The second-order valence-corrected chi connectivity index (χ2v) is 4.68. The summed E-state index contributed by atoms with van der Waals surface area (Å²) in [6.07, 6.45) is 3.26. The number of aromatic nitrogens is 2. The standard InChI is InChI=1S/C16H14N2O3/c1-21-15-7-4-8-18(16(15)20)10-14(19)12-9-17-13-6-3-2-5-11(12)13/h2-9,17H,10H2,1H3. The van der Waals surface area contributed by atoms with Gasteiger partial charge in [0, 0.05) is 28.9 Å². The minimum absolute atomic E-state index is 0.0160. The molecule has 0 amide bonds. The van der Waals surface area contributed by atoms with Crippen LogP contribution in [0.25, 0.3) is 10.9 Å². The van der Waals surface area contributed by atoms with E-state index in [2.05, 4.69) is 4.98 Å². The number of fused-ring (bicyclic) bond motifs is 1. The van der Waals surface area contributed by atoms with E-state index in [9.17, 15) is 9.59 Å². The quantitative estimate of drug-likeness (QED) is 0.746. The number of aromatic amines is 1. The fraction of sp³-hybridized carbons (Fsp3) is 0.125. The Morgan fingerprint density at radius 1 is 1.24 bits per heavy atom. The van der Waals surface area contributed by atoms with Crippen molar-refractivity contribution in [2.75, 3.05) is 7.11 Å². The molecule has 1 aromatic carbocycles. The van der Waals surface area contributed by atoms with E-state index in [1.54, 1.807) is 24.5 Å². The van der Waals surface area contributed by atoms with Crippen LogP contribution in [0.5, 0.6) is 5.75 Å². The number of hydrogen-bond acceptors (Lipinski definition) is 3. The predicted octanol–water partition coefficient (Wildman–Crippen LogP) is 2.22. The normalized spacial score (nSPS) is 10.7. The Kier molecular flexibility index (Phi) is 3.31. The zero-order chi connectivity index (χ0) is 14.8. The van der Waals surface area contributed by atoms with E-state index >= 15 is 0 Å². The predicted molar refractivity (Wildman–Crippen MR) is 79.9 cm³/mol. The first kappa shape index (κ1) is 13.2. The molecule has 0 aliphatic rings. The molecule has 21 heavy (non-hydrogen) atoms. The maximum Gasteiger partial charge on any atom is 0.293 e. The summed E-state index contributed by atoms with van der Waals surface area (Å²) in [5, 5.41) is 0.860. The van der Waals surface area contributed by atoms with Crippen LogP contribution in [0.2, 0.25) is 0 Å². The zero-order valence-corrected chi connectivity index (χ0v) is 11.5. The summed E-state index contributed by atoms with van der Waals surface area (Å²) in [5.74, 6) is 0.104. The van der Waals surface area contributed by atoms with Crippen LogP contribution in [0.3, 0.4) is 0 Å². The van der Waals surface area contributed by atoms with Crippen LogP contribution in [0.4, 0.5) is 0 Å². The molecule has 0 saturated heterocycles. The van der Waals surface area contributed by atoms with Gasteiger partial charge in [0.25, 0.3) is 5.56 Å². The molecule has 0 bridgehead atoms. The number of benzene rings is 1. The lowest BCUT2D eigenvalue weighted by molar-refractivity contribution is 0.0972. The molecule has 3 rings (SSSR count). The molecule has 2 aromatic heterocycles. The number of pyridine rings is 1. The monoisotopic (exact) mass is 282 g/mol. The summed E-state index contributed by atoms with van der Waals surface area (Å²) in [4.78, 5) is 27.5. The molecule has 3 aromatic rings. The molecule has 106 valence electrons. The molecule has 0 aliphatic carbocycles. The van der Waals surface area contributed by atoms with Crippen molar-refractivity contribution >= 4 is 16.7 Å². The number of nitrogens with zero attached hydrogens (tertiary/aromatic N) is 1. The zero-order valence-electron chi connectivity index (χ0n) is 11.5.